The first-order valence-electron chi connectivity index (χ1n) is 17.4. The van der Waals surface area contributed by atoms with E-state index in [1.54, 1.807) is 0 Å². The highest BCUT2D eigenvalue weighted by Crippen LogP contribution is 2.60. The van der Waals surface area contributed by atoms with Gasteiger partial charge in [-0.05, 0) is 83.9 Å². The number of para-hydroxylation sites is 2. The predicted molar refractivity (Wildman–Crippen MR) is 209 cm³/mol. The van der Waals surface area contributed by atoms with Gasteiger partial charge in [0.15, 0.2) is 0 Å². The van der Waals surface area contributed by atoms with E-state index in [9.17, 15) is 0 Å². The van der Waals surface area contributed by atoms with E-state index >= 15 is 0 Å². The third-order valence-corrected chi connectivity index (χ3v) is 9.94. The van der Waals surface area contributed by atoms with E-state index in [2.05, 4.69) is 97.6 Å². The average molecular weight is 671 g/mol. The highest BCUT2D eigenvalue weighted by Gasteiger charge is 2.40. The number of pyridine rings is 5. The molecule has 0 fully saturated rings. The number of rotatable bonds is 6. The van der Waals surface area contributed by atoms with Gasteiger partial charge in [-0.3, -0.25) is 24.9 Å². The van der Waals surface area contributed by atoms with Crippen LogP contribution in [0.3, 0.4) is 0 Å². The SMILES string of the molecule is CC1(C)c2ccccc2N(c2c(-c3ccccn3)c(-c3ccccn3)c(-c3ccccn3)c(-c3ccccn3)c2-c2ccccn2)c2ccccc21. The van der Waals surface area contributed by atoms with E-state index in [-0.39, 0.29) is 5.41 Å². The molecule has 0 amide bonds. The molecular formula is C46H34N6. The Morgan fingerprint density at radius 3 is 0.962 bits per heavy atom. The molecule has 5 aromatic heterocycles. The summed E-state index contributed by atoms with van der Waals surface area (Å²) in [5.41, 5.74) is 13.9. The van der Waals surface area contributed by atoms with Gasteiger partial charge in [-0.25, -0.2) is 0 Å². The normalized spacial score (nSPS) is 12.9. The van der Waals surface area contributed by atoms with Gasteiger partial charge in [0.2, 0.25) is 0 Å². The molecule has 1 aliphatic rings. The summed E-state index contributed by atoms with van der Waals surface area (Å²) < 4.78 is 0. The van der Waals surface area contributed by atoms with E-state index in [0.29, 0.717) is 0 Å². The number of aromatic nitrogens is 5. The summed E-state index contributed by atoms with van der Waals surface area (Å²) in [6.45, 7) is 4.62. The summed E-state index contributed by atoms with van der Waals surface area (Å²) in [5, 5.41) is 0. The van der Waals surface area contributed by atoms with Crippen LogP contribution in [-0.2, 0) is 5.41 Å². The molecule has 6 heteroatoms. The van der Waals surface area contributed by atoms with Gasteiger partial charge in [-0.1, -0.05) is 80.6 Å². The van der Waals surface area contributed by atoms with Crippen LogP contribution < -0.4 is 4.90 Å². The van der Waals surface area contributed by atoms with Crippen LogP contribution in [0.5, 0.6) is 0 Å². The molecule has 248 valence electrons. The zero-order chi connectivity index (χ0) is 35.1. The van der Waals surface area contributed by atoms with Gasteiger partial charge in [-0.15, -0.1) is 0 Å². The molecule has 0 N–H and O–H groups in total. The summed E-state index contributed by atoms with van der Waals surface area (Å²) in [4.78, 5) is 27.7. The molecule has 3 aromatic carbocycles. The second-order valence-electron chi connectivity index (χ2n) is 13.3. The second kappa shape index (κ2) is 12.8. The lowest BCUT2D eigenvalue weighted by atomic mass is 9.73. The number of hydrogen-bond acceptors (Lipinski definition) is 6. The molecule has 8 aromatic rings. The average Bonchev–Trinajstić information content (AvgIpc) is 3.22. The van der Waals surface area contributed by atoms with Crippen molar-refractivity contribution in [2.45, 2.75) is 19.3 Å². The lowest BCUT2D eigenvalue weighted by Gasteiger charge is -2.43. The summed E-state index contributed by atoms with van der Waals surface area (Å²) in [7, 11) is 0. The first kappa shape index (κ1) is 31.2. The van der Waals surface area contributed by atoms with Crippen LogP contribution in [0.2, 0.25) is 0 Å². The van der Waals surface area contributed by atoms with Crippen LogP contribution in [0.4, 0.5) is 17.1 Å². The quantitative estimate of drug-likeness (QED) is 0.175. The van der Waals surface area contributed by atoms with Crippen molar-refractivity contribution in [3.05, 3.63) is 182 Å². The fraction of sp³-hybridized carbons (Fsp3) is 0.0652. The molecule has 0 aliphatic carbocycles. The standard InChI is InChI=1S/C46H34N6/c1-46(2)31-17-3-5-24-38(31)52(39-25-6-4-18-32(39)46)45-43(36-22-10-15-29-50-36)41(34-20-8-13-27-48-34)40(33-19-7-12-26-47-33)42(35-21-9-14-28-49-35)44(45)37-23-11-16-30-51-37/h3-30H,1-2H3. The third kappa shape index (κ3) is 5.07. The van der Waals surface area contributed by atoms with Gasteiger partial charge < -0.3 is 4.90 Å². The van der Waals surface area contributed by atoms with Crippen molar-refractivity contribution >= 4 is 17.1 Å². The predicted octanol–water partition coefficient (Wildman–Crippen LogP) is 11.1. The lowest BCUT2D eigenvalue weighted by Crippen LogP contribution is -2.31. The van der Waals surface area contributed by atoms with E-state index in [0.717, 1.165) is 73.3 Å². The van der Waals surface area contributed by atoms with Crippen molar-refractivity contribution in [2.24, 2.45) is 0 Å². The first-order valence-corrected chi connectivity index (χ1v) is 17.4. The van der Waals surface area contributed by atoms with Crippen LogP contribution in [-0.4, -0.2) is 24.9 Å². The van der Waals surface area contributed by atoms with Gasteiger partial charge in [-0.2, -0.15) is 0 Å². The third-order valence-electron chi connectivity index (χ3n) is 9.94. The highest BCUT2D eigenvalue weighted by molar-refractivity contribution is 6.14. The van der Waals surface area contributed by atoms with Gasteiger partial charge in [0, 0.05) is 64.2 Å². The van der Waals surface area contributed by atoms with Gasteiger partial charge in [0.25, 0.3) is 0 Å². The fourth-order valence-corrected chi connectivity index (χ4v) is 7.69. The van der Waals surface area contributed by atoms with Crippen LogP contribution in [0.25, 0.3) is 56.3 Å². The molecule has 0 saturated heterocycles. The maximum atomic E-state index is 5.09. The van der Waals surface area contributed by atoms with Crippen molar-refractivity contribution in [1.82, 2.24) is 24.9 Å². The van der Waals surface area contributed by atoms with E-state index in [1.807, 2.05) is 91.6 Å². The molecule has 0 unspecified atom stereocenters. The monoisotopic (exact) mass is 670 g/mol. The smallest absolute Gasteiger partial charge is 0.0730 e. The molecule has 9 rings (SSSR count). The van der Waals surface area contributed by atoms with Crippen molar-refractivity contribution in [3.8, 4) is 56.3 Å². The molecule has 0 bridgehead atoms. The van der Waals surface area contributed by atoms with Crippen LogP contribution in [0, 0.1) is 0 Å². The maximum Gasteiger partial charge on any atom is 0.0730 e. The molecule has 0 radical (unpaired) electrons. The number of anilines is 3. The Morgan fingerprint density at radius 1 is 0.346 bits per heavy atom. The summed E-state index contributed by atoms with van der Waals surface area (Å²) in [6, 6.07) is 47.8. The molecule has 0 spiro atoms. The topological polar surface area (TPSA) is 67.7 Å². The summed E-state index contributed by atoms with van der Waals surface area (Å²) in [5.74, 6) is 0. The summed E-state index contributed by atoms with van der Waals surface area (Å²) in [6.07, 6.45) is 9.25. The van der Waals surface area contributed by atoms with E-state index < -0.39 is 0 Å². The van der Waals surface area contributed by atoms with Crippen LogP contribution >= 0.6 is 0 Å². The van der Waals surface area contributed by atoms with Crippen molar-refractivity contribution in [2.75, 3.05) is 4.90 Å². The number of hydrogen-bond donors (Lipinski definition) is 0. The molecule has 0 saturated carbocycles. The van der Waals surface area contributed by atoms with Crippen molar-refractivity contribution < 1.29 is 0 Å². The lowest BCUT2D eigenvalue weighted by molar-refractivity contribution is 0.632. The Hall–Kier alpha value is -6.79. The molecule has 6 nitrogen and oxygen atoms in total. The van der Waals surface area contributed by atoms with Crippen LogP contribution in [0.15, 0.2) is 171 Å². The minimum atomic E-state index is -0.262. The molecule has 0 atom stereocenters. The zero-order valence-corrected chi connectivity index (χ0v) is 28.8. The summed E-state index contributed by atoms with van der Waals surface area (Å²) >= 11 is 0. The molecular weight excluding hydrogens is 637 g/mol. The highest BCUT2D eigenvalue weighted by atomic mass is 15.2. The minimum Gasteiger partial charge on any atom is -0.308 e. The Bertz CT molecular complexity index is 2370. The molecule has 52 heavy (non-hydrogen) atoms. The number of nitrogens with zero attached hydrogens (tertiary/aromatic N) is 6. The number of benzene rings is 3. The Balaban J connectivity index is 1.60. The molecule has 6 heterocycles. The Morgan fingerprint density at radius 2 is 0.635 bits per heavy atom. The largest absolute Gasteiger partial charge is 0.308 e. The Labute approximate surface area is 303 Å². The van der Waals surface area contributed by atoms with Crippen LogP contribution in [0.1, 0.15) is 25.0 Å². The zero-order valence-electron chi connectivity index (χ0n) is 28.8. The number of fused-ring (bicyclic) bond motifs is 2. The second-order valence-corrected chi connectivity index (χ2v) is 13.3. The van der Waals surface area contributed by atoms with Gasteiger partial charge in [0.1, 0.15) is 0 Å². The van der Waals surface area contributed by atoms with Gasteiger partial charge in [0.05, 0.1) is 45.5 Å². The first-order chi connectivity index (χ1) is 25.6. The molecule has 1 aliphatic heterocycles. The van der Waals surface area contributed by atoms with Gasteiger partial charge >= 0.3 is 0 Å². The minimum absolute atomic E-state index is 0.262. The van der Waals surface area contributed by atoms with E-state index in [4.69, 9.17) is 24.9 Å². The van der Waals surface area contributed by atoms with Crippen molar-refractivity contribution in [1.29, 1.82) is 0 Å². The van der Waals surface area contributed by atoms with E-state index in [1.165, 1.54) is 11.1 Å². The Kier molecular flexibility index (Phi) is 7.70. The maximum absolute atomic E-state index is 5.09. The van der Waals surface area contributed by atoms with Crippen molar-refractivity contribution in [3.63, 3.8) is 0 Å². The fourth-order valence-electron chi connectivity index (χ4n) is 7.69.